The minimum Gasteiger partial charge on any atom is -0.339 e. The quantitative estimate of drug-likeness (QED) is 0.847. The van der Waals surface area contributed by atoms with Gasteiger partial charge in [0.15, 0.2) is 0 Å². The maximum Gasteiger partial charge on any atom is 0.223 e. The molecule has 1 saturated heterocycles. The van der Waals surface area contributed by atoms with Gasteiger partial charge in [0.05, 0.1) is 11.9 Å². The molecule has 144 valence electrons. The summed E-state index contributed by atoms with van der Waals surface area (Å²) >= 11 is 0. The van der Waals surface area contributed by atoms with Crippen LogP contribution in [-0.2, 0) is 11.3 Å². The maximum absolute atomic E-state index is 13.2. The van der Waals surface area contributed by atoms with E-state index in [1.165, 1.54) is 37.8 Å². The van der Waals surface area contributed by atoms with Crippen LogP contribution in [0.15, 0.2) is 30.5 Å². The molecule has 1 amide bonds. The van der Waals surface area contributed by atoms with Crippen LogP contribution in [0.25, 0.3) is 11.3 Å². The normalized spacial score (nSPS) is 20.9. The number of amides is 1. The predicted octanol–water partition coefficient (Wildman–Crippen LogP) is 3.44. The number of rotatable bonds is 6. The molecular weight excluding hydrogens is 343 g/mol. The Morgan fingerprint density at radius 1 is 1.26 bits per heavy atom. The molecule has 1 saturated carbocycles. The number of likely N-dealkylation sites (tertiary alicyclic amines) is 1. The Morgan fingerprint density at radius 3 is 2.74 bits per heavy atom. The van der Waals surface area contributed by atoms with Crippen LogP contribution in [0.1, 0.15) is 37.7 Å². The molecule has 0 bridgehead atoms. The van der Waals surface area contributed by atoms with Crippen LogP contribution in [0.4, 0.5) is 4.39 Å². The van der Waals surface area contributed by atoms with Crippen molar-refractivity contribution in [2.75, 3.05) is 20.1 Å². The number of nitrogens with zero attached hydrogens (tertiary/aromatic N) is 3. The van der Waals surface area contributed by atoms with Gasteiger partial charge in [-0.3, -0.25) is 9.89 Å². The van der Waals surface area contributed by atoms with Crippen molar-refractivity contribution in [1.29, 1.82) is 0 Å². The van der Waals surface area contributed by atoms with E-state index in [2.05, 4.69) is 27.0 Å². The minimum absolute atomic E-state index is 0.241. The van der Waals surface area contributed by atoms with E-state index in [9.17, 15) is 9.18 Å². The van der Waals surface area contributed by atoms with Crippen LogP contribution in [0, 0.1) is 11.7 Å². The van der Waals surface area contributed by atoms with Crippen molar-refractivity contribution in [1.82, 2.24) is 20.0 Å². The number of aromatic amines is 1. The Morgan fingerprint density at radius 2 is 2.00 bits per heavy atom. The van der Waals surface area contributed by atoms with Crippen molar-refractivity contribution in [3.05, 3.63) is 41.8 Å². The third kappa shape index (κ3) is 4.05. The summed E-state index contributed by atoms with van der Waals surface area (Å²) in [5, 5.41) is 7.20. The Hall–Kier alpha value is -2.21. The summed E-state index contributed by atoms with van der Waals surface area (Å²) in [5.74, 6) is 0.481. The topological polar surface area (TPSA) is 52.2 Å². The van der Waals surface area contributed by atoms with E-state index in [1.54, 1.807) is 12.1 Å². The molecule has 1 atom stereocenters. The Labute approximate surface area is 159 Å². The molecule has 4 rings (SSSR count). The highest BCUT2D eigenvalue weighted by molar-refractivity contribution is 5.79. The molecule has 0 spiro atoms. The second kappa shape index (κ2) is 7.80. The molecule has 0 radical (unpaired) electrons. The molecule has 1 aliphatic heterocycles. The Bertz CT molecular complexity index is 782. The monoisotopic (exact) mass is 370 g/mol. The van der Waals surface area contributed by atoms with Gasteiger partial charge in [0, 0.05) is 43.2 Å². The van der Waals surface area contributed by atoms with E-state index >= 15 is 0 Å². The lowest BCUT2D eigenvalue weighted by Crippen LogP contribution is -2.35. The second-order valence-corrected chi connectivity index (χ2v) is 8.03. The first kappa shape index (κ1) is 18.2. The molecule has 2 aliphatic rings. The van der Waals surface area contributed by atoms with Gasteiger partial charge in [-0.2, -0.15) is 5.10 Å². The first-order valence-electron chi connectivity index (χ1n) is 9.86. The lowest BCUT2D eigenvalue weighted by atomic mass is 10.1. The highest BCUT2D eigenvalue weighted by atomic mass is 19.1. The van der Waals surface area contributed by atoms with Gasteiger partial charge >= 0.3 is 0 Å². The van der Waals surface area contributed by atoms with Crippen LogP contribution < -0.4 is 0 Å². The molecule has 1 N–H and O–H groups in total. The van der Waals surface area contributed by atoms with Crippen LogP contribution in [0.2, 0.25) is 0 Å². The maximum atomic E-state index is 13.2. The first-order chi connectivity index (χ1) is 13.1. The molecule has 6 heteroatoms. The number of carbonyl (C=O) groups excluding carboxylic acids is 1. The molecule has 5 nitrogen and oxygen atoms in total. The SMILES string of the molecule is CN(Cc1cn[nH]c1-c1ccc(F)cc1)C[C@H]1CC(=O)N(C2CCCC2)C1. The summed E-state index contributed by atoms with van der Waals surface area (Å²) in [6.45, 7) is 2.53. The van der Waals surface area contributed by atoms with E-state index in [4.69, 9.17) is 0 Å². The zero-order chi connectivity index (χ0) is 18.8. The zero-order valence-corrected chi connectivity index (χ0v) is 15.8. The third-order valence-electron chi connectivity index (χ3n) is 5.86. The average molecular weight is 370 g/mol. The number of carbonyl (C=O) groups is 1. The fourth-order valence-corrected chi connectivity index (χ4v) is 4.59. The highest BCUT2D eigenvalue weighted by Gasteiger charge is 2.35. The molecule has 2 aromatic rings. The van der Waals surface area contributed by atoms with Gasteiger partial charge in [0.25, 0.3) is 0 Å². The number of hydrogen-bond acceptors (Lipinski definition) is 3. The lowest BCUT2D eigenvalue weighted by Gasteiger charge is -2.25. The lowest BCUT2D eigenvalue weighted by molar-refractivity contribution is -0.129. The molecule has 27 heavy (non-hydrogen) atoms. The molecule has 0 unspecified atom stereocenters. The van der Waals surface area contributed by atoms with Crippen LogP contribution in [-0.4, -0.2) is 52.1 Å². The Kier molecular flexibility index (Phi) is 5.25. The van der Waals surface area contributed by atoms with Gasteiger partial charge < -0.3 is 9.80 Å². The molecule has 2 heterocycles. The highest BCUT2D eigenvalue weighted by Crippen LogP contribution is 2.30. The predicted molar refractivity (Wildman–Crippen MR) is 102 cm³/mol. The van der Waals surface area contributed by atoms with E-state index in [0.717, 1.165) is 36.5 Å². The van der Waals surface area contributed by atoms with Crippen molar-refractivity contribution in [3.8, 4) is 11.3 Å². The molecule has 2 fully saturated rings. The smallest absolute Gasteiger partial charge is 0.223 e. The van der Waals surface area contributed by atoms with Gasteiger partial charge in [0.2, 0.25) is 5.91 Å². The van der Waals surface area contributed by atoms with E-state index in [-0.39, 0.29) is 5.82 Å². The number of aromatic nitrogens is 2. The minimum atomic E-state index is -0.241. The van der Waals surface area contributed by atoms with E-state index in [0.29, 0.717) is 24.3 Å². The number of benzene rings is 1. The van der Waals surface area contributed by atoms with Crippen LogP contribution in [0.3, 0.4) is 0 Å². The second-order valence-electron chi connectivity index (χ2n) is 8.03. The summed E-state index contributed by atoms with van der Waals surface area (Å²) in [5.41, 5.74) is 2.94. The number of halogens is 1. The molecular formula is C21H27FN4O. The van der Waals surface area contributed by atoms with Crippen molar-refractivity contribution in [2.45, 2.75) is 44.7 Å². The van der Waals surface area contributed by atoms with Crippen molar-refractivity contribution < 1.29 is 9.18 Å². The van der Waals surface area contributed by atoms with Crippen molar-refractivity contribution >= 4 is 5.91 Å². The zero-order valence-electron chi connectivity index (χ0n) is 15.8. The van der Waals surface area contributed by atoms with Gasteiger partial charge in [-0.05, 0) is 50.1 Å². The average Bonchev–Trinajstić information content (AvgIpc) is 3.37. The van der Waals surface area contributed by atoms with Crippen molar-refractivity contribution in [2.24, 2.45) is 5.92 Å². The van der Waals surface area contributed by atoms with Crippen LogP contribution in [0.5, 0.6) is 0 Å². The summed E-state index contributed by atoms with van der Waals surface area (Å²) in [4.78, 5) is 16.8. The standard InChI is InChI=1S/C21H27FN4O/c1-25(12-15-10-20(27)26(13-15)19-4-2-3-5-19)14-17-11-23-24-21(17)16-6-8-18(22)9-7-16/h6-9,11,15,19H,2-5,10,12-14H2,1H3,(H,23,24)/t15-/m1/s1. The van der Waals surface area contributed by atoms with Crippen molar-refractivity contribution in [3.63, 3.8) is 0 Å². The van der Waals surface area contributed by atoms with Gasteiger partial charge in [-0.15, -0.1) is 0 Å². The van der Waals surface area contributed by atoms with Gasteiger partial charge in [0.1, 0.15) is 5.82 Å². The number of nitrogens with one attached hydrogen (secondary N) is 1. The van der Waals surface area contributed by atoms with E-state index < -0.39 is 0 Å². The first-order valence-corrected chi connectivity index (χ1v) is 9.86. The summed E-state index contributed by atoms with van der Waals surface area (Å²) in [6.07, 6.45) is 7.35. The summed E-state index contributed by atoms with van der Waals surface area (Å²) in [6, 6.07) is 6.94. The number of hydrogen-bond donors (Lipinski definition) is 1. The molecule has 1 aliphatic carbocycles. The van der Waals surface area contributed by atoms with Gasteiger partial charge in [-0.25, -0.2) is 4.39 Å². The third-order valence-corrected chi connectivity index (χ3v) is 5.86. The molecule has 1 aromatic carbocycles. The van der Waals surface area contributed by atoms with Gasteiger partial charge in [-0.1, -0.05) is 12.8 Å². The largest absolute Gasteiger partial charge is 0.339 e. The fraction of sp³-hybridized carbons (Fsp3) is 0.524. The van der Waals surface area contributed by atoms with E-state index in [1.807, 2.05) is 6.20 Å². The fourth-order valence-electron chi connectivity index (χ4n) is 4.59. The summed E-state index contributed by atoms with van der Waals surface area (Å²) in [7, 11) is 2.09. The molecule has 1 aromatic heterocycles. The summed E-state index contributed by atoms with van der Waals surface area (Å²) < 4.78 is 13.2. The Balaban J connectivity index is 1.36. The number of H-pyrrole nitrogens is 1. The van der Waals surface area contributed by atoms with Crippen LogP contribution >= 0.6 is 0 Å².